The highest BCUT2D eigenvalue weighted by atomic mass is 79.9. The summed E-state index contributed by atoms with van der Waals surface area (Å²) in [5, 5.41) is 0.808. The maximum Gasteiger partial charge on any atom is 0.225 e. The van der Waals surface area contributed by atoms with Crippen molar-refractivity contribution in [1.82, 2.24) is 9.97 Å². The molecule has 1 aromatic rings. The van der Waals surface area contributed by atoms with Crippen molar-refractivity contribution in [3.63, 3.8) is 0 Å². The molecule has 0 saturated carbocycles. The topological polar surface area (TPSA) is 29.0 Å². The first-order chi connectivity index (χ1) is 8.62. The number of rotatable bonds is 7. The minimum absolute atomic E-state index is 0.530. The summed E-state index contributed by atoms with van der Waals surface area (Å²) in [5.41, 5.74) is 1.12. The summed E-state index contributed by atoms with van der Waals surface area (Å²) in [6, 6.07) is 0.530. The lowest BCUT2D eigenvalue weighted by Gasteiger charge is -2.32. The third-order valence-corrected chi connectivity index (χ3v) is 3.70. The number of halogens is 1. The van der Waals surface area contributed by atoms with Crippen molar-refractivity contribution >= 4 is 21.9 Å². The van der Waals surface area contributed by atoms with Crippen LogP contribution in [0.5, 0.6) is 0 Å². The molecule has 0 aliphatic carbocycles. The highest BCUT2D eigenvalue weighted by Crippen LogP contribution is 2.18. The largest absolute Gasteiger partial charge is 0.338 e. The van der Waals surface area contributed by atoms with E-state index in [0.29, 0.717) is 12.0 Å². The lowest BCUT2D eigenvalue weighted by molar-refractivity contribution is 0.498. The first-order valence-corrected chi connectivity index (χ1v) is 7.87. The molecule has 4 heteroatoms. The van der Waals surface area contributed by atoms with Crippen LogP contribution in [-0.2, 0) is 5.33 Å². The number of alkyl halides is 1. The number of hydrogen-bond acceptors (Lipinski definition) is 3. The highest BCUT2D eigenvalue weighted by molar-refractivity contribution is 9.08. The van der Waals surface area contributed by atoms with E-state index in [1.807, 2.05) is 12.4 Å². The standard InChI is InChI=1S/C14H24BrN3/c1-5-13(6-2)18(10-11(3)4)14-16-8-12(7-15)9-17-14/h8-9,11,13H,5-7,10H2,1-4H3. The maximum atomic E-state index is 4.50. The number of hydrogen-bond donors (Lipinski definition) is 0. The molecule has 0 atom stereocenters. The highest BCUT2D eigenvalue weighted by Gasteiger charge is 2.19. The molecule has 0 fully saturated rings. The smallest absolute Gasteiger partial charge is 0.225 e. The van der Waals surface area contributed by atoms with Gasteiger partial charge in [-0.25, -0.2) is 9.97 Å². The molecule has 0 N–H and O–H groups in total. The van der Waals surface area contributed by atoms with E-state index >= 15 is 0 Å². The zero-order valence-corrected chi connectivity index (χ0v) is 13.4. The Morgan fingerprint density at radius 2 is 1.72 bits per heavy atom. The summed E-state index contributed by atoms with van der Waals surface area (Å²) >= 11 is 3.42. The van der Waals surface area contributed by atoms with Gasteiger partial charge >= 0.3 is 0 Å². The molecule has 0 aromatic carbocycles. The molecule has 18 heavy (non-hydrogen) atoms. The Morgan fingerprint density at radius 1 is 1.17 bits per heavy atom. The van der Waals surface area contributed by atoms with Gasteiger partial charge in [-0.05, 0) is 24.3 Å². The van der Waals surface area contributed by atoms with Crippen molar-refractivity contribution in [3.05, 3.63) is 18.0 Å². The molecule has 0 radical (unpaired) electrons. The van der Waals surface area contributed by atoms with Crippen molar-refractivity contribution in [2.75, 3.05) is 11.4 Å². The molecule has 0 saturated heterocycles. The Balaban J connectivity index is 2.92. The van der Waals surface area contributed by atoms with Crippen LogP contribution in [0, 0.1) is 5.92 Å². The molecule has 1 rings (SSSR count). The van der Waals surface area contributed by atoms with E-state index in [1.54, 1.807) is 0 Å². The summed E-state index contributed by atoms with van der Waals surface area (Å²) in [4.78, 5) is 11.4. The Kier molecular flexibility index (Phi) is 6.61. The summed E-state index contributed by atoms with van der Waals surface area (Å²) in [6.07, 6.45) is 6.08. The number of anilines is 1. The van der Waals surface area contributed by atoms with E-state index in [9.17, 15) is 0 Å². The van der Waals surface area contributed by atoms with Gasteiger partial charge in [0.25, 0.3) is 0 Å². The van der Waals surface area contributed by atoms with Crippen LogP contribution in [0.3, 0.4) is 0 Å². The van der Waals surface area contributed by atoms with Crippen LogP contribution in [0.4, 0.5) is 5.95 Å². The van der Waals surface area contributed by atoms with E-state index in [-0.39, 0.29) is 0 Å². The van der Waals surface area contributed by atoms with E-state index in [2.05, 4.69) is 58.5 Å². The Bertz CT molecular complexity index is 333. The summed E-state index contributed by atoms with van der Waals surface area (Å²) < 4.78 is 0. The molecule has 0 aliphatic heterocycles. The first kappa shape index (κ1) is 15.4. The third kappa shape index (κ3) is 4.23. The molecule has 0 amide bonds. The van der Waals surface area contributed by atoms with E-state index in [4.69, 9.17) is 0 Å². The lowest BCUT2D eigenvalue weighted by Crippen LogP contribution is -2.38. The molecule has 3 nitrogen and oxygen atoms in total. The van der Waals surface area contributed by atoms with Crippen molar-refractivity contribution < 1.29 is 0 Å². The third-order valence-electron chi connectivity index (χ3n) is 3.05. The van der Waals surface area contributed by atoms with Crippen LogP contribution < -0.4 is 4.90 Å². The van der Waals surface area contributed by atoms with Crippen LogP contribution >= 0.6 is 15.9 Å². The molecule has 0 aliphatic rings. The minimum Gasteiger partial charge on any atom is -0.338 e. The summed E-state index contributed by atoms with van der Waals surface area (Å²) in [6.45, 7) is 9.95. The SMILES string of the molecule is CCC(CC)N(CC(C)C)c1ncc(CBr)cn1. The lowest BCUT2D eigenvalue weighted by atomic mass is 10.1. The van der Waals surface area contributed by atoms with Crippen molar-refractivity contribution in [2.24, 2.45) is 5.92 Å². The van der Waals surface area contributed by atoms with E-state index < -0.39 is 0 Å². The average molecular weight is 314 g/mol. The van der Waals surface area contributed by atoms with E-state index in [0.717, 1.165) is 36.2 Å². The van der Waals surface area contributed by atoms with Crippen LogP contribution in [0.2, 0.25) is 0 Å². The fraction of sp³-hybridized carbons (Fsp3) is 0.714. The van der Waals surface area contributed by atoms with Gasteiger partial charge in [-0.3, -0.25) is 0 Å². The molecule has 1 heterocycles. The van der Waals surface area contributed by atoms with Gasteiger partial charge in [-0.2, -0.15) is 0 Å². The quantitative estimate of drug-likeness (QED) is 0.712. The summed E-state index contributed by atoms with van der Waals surface area (Å²) in [5.74, 6) is 1.48. The predicted octanol–water partition coefficient (Wildman–Crippen LogP) is 4.02. The second kappa shape index (κ2) is 7.72. The number of nitrogens with zero attached hydrogens (tertiary/aromatic N) is 3. The Labute approximate surface area is 119 Å². The van der Waals surface area contributed by atoms with Gasteiger partial charge in [0.15, 0.2) is 0 Å². The first-order valence-electron chi connectivity index (χ1n) is 6.75. The van der Waals surface area contributed by atoms with Crippen molar-refractivity contribution in [1.29, 1.82) is 0 Å². The van der Waals surface area contributed by atoms with Crippen LogP contribution in [0.15, 0.2) is 12.4 Å². The van der Waals surface area contributed by atoms with Gasteiger partial charge in [0, 0.05) is 30.3 Å². The minimum atomic E-state index is 0.530. The van der Waals surface area contributed by atoms with Crippen LogP contribution in [-0.4, -0.2) is 22.6 Å². The molecule has 0 unspecified atom stereocenters. The van der Waals surface area contributed by atoms with Gasteiger partial charge in [-0.1, -0.05) is 43.6 Å². The average Bonchev–Trinajstić information content (AvgIpc) is 2.38. The monoisotopic (exact) mass is 313 g/mol. The van der Waals surface area contributed by atoms with Crippen molar-refractivity contribution in [2.45, 2.75) is 51.9 Å². The fourth-order valence-electron chi connectivity index (χ4n) is 2.08. The predicted molar refractivity (Wildman–Crippen MR) is 81.2 cm³/mol. The fourth-order valence-corrected chi connectivity index (χ4v) is 2.37. The van der Waals surface area contributed by atoms with Gasteiger partial charge in [0.2, 0.25) is 5.95 Å². The zero-order chi connectivity index (χ0) is 13.5. The maximum absolute atomic E-state index is 4.50. The molecular weight excluding hydrogens is 290 g/mol. The molecule has 0 spiro atoms. The number of aromatic nitrogens is 2. The van der Waals surface area contributed by atoms with E-state index in [1.165, 1.54) is 0 Å². The Hall–Kier alpha value is -0.640. The van der Waals surface area contributed by atoms with Gasteiger partial charge < -0.3 is 4.90 Å². The normalized spacial score (nSPS) is 11.3. The van der Waals surface area contributed by atoms with Gasteiger partial charge in [-0.15, -0.1) is 0 Å². The molecule has 1 aromatic heterocycles. The van der Waals surface area contributed by atoms with Gasteiger partial charge in [0.05, 0.1) is 0 Å². The zero-order valence-electron chi connectivity index (χ0n) is 11.9. The van der Waals surface area contributed by atoms with Gasteiger partial charge in [0.1, 0.15) is 0 Å². The molecule has 102 valence electrons. The molecular formula is C14H24BrN3. The second-order valence-electron chi connectivity index (χ2n) is 5.04. The Morgan fingerprint density at radius 3 is 2.11 bits per heavy atom. The summed E-state index contributed by atoms with van der Waals surface area (Å²) in [7, 11) is 0. The van der Waals surface area contributed by atoms with Crippen LogP contribution in [0.25, 0.3) is 0 Å². The second-order valence-corrected chi connectivity index (χ2v) is 5.60. The van der Waals surface area contributed by atoms with Crippen LogP contribution in [0.1, 0.15) is 46.1 Å². The molecule has 0 bridgehead atoms. The van der Waals surface area contributed by atoms with Crippen molar-refractivity contribution in [3.8, 4) is 0 Å².